The number of carbonyl (C=O) groups is 1. The van der Waals surface area contributed by atoms with Gasteiger partial charge in [-0.05, 0) is 45.5 Å². The van der Waals surface area contributed by atoms with Crippen LogP contribution in [0.15, 0.2) is 46.3 Å². The summed E-state index contributed by atoms with van der Waals surface area (Å²) in [5.41, 5.74) is 3.70. The highest BCUT2D eigenvalue weighted by Gasteiger charge is 2.62. The minimum absolute atomic E-state index is 0.0467. The molecule has 0 amide bonds. The number of rotatable bonds is 4. The third kappa shape index (κ3) is 3.21. The number of fused-ring (bicyclic) bond motifs is 1. The molecule has 1 aromatic heterocycles. The second-order valence-corrected chi connectivity index (χ2v) is 9.62. The van der Waals surface area contributed by atoms with E-state index in [9.17, 15) is 4.79 Å². The van der Waals surface area contributed by atoms with Crippen LogP contribution in [-0.4, -0.2) is 12.1 Å². The first-order valence-corrected chi connectivity index (χ1v) is 10.4. The minimum atomic E-state index is -0.171. The molecule has 2 aliphatic carbocycles. The molecule has 1 aromatic carbocycles. The Bertz CT molecular complexity index is 866. The van der Waals surface area contributed by atoms with Gasteiger partial charge in [0.25, 0.3) is 0 Å². The molecule has 2 aliphatic rings. The molecule has 5 heteroatoms. The number of allylic oxidation sites excluding steroid dienone is 1. The van der Waals surface area contributed by atoms with Crippen LogP contribution in [-0.2, 0) is 22.4 Å². The van der Waals surface area contributed by atoms with Crippen LogP contribution < -0.4 is 0 Å². The summed E-state index contributed by atoms with van der Waals surface area (Å²) in [5.74, 6) is -0.262. The quantitative estimate of drug-likeness (QED) is 0.580. The predicted molar refractivity (Wildman–Crippen MR) is 108 cm³/mol. The molecule has 2 aromatic rings. The van der Waals surface area contributed by atoms with E-state index in [1.54, 1.807) is 17.4 Å². The standard InChI is InChI=1S/C21H20Cl2O2S/c1-21(2)16(11-18(22)23)19(21)20(24)25-13-9-12-5-3-6-14(15(12)10-13)17-7-4-8-26-17/h3-8,11,13,16,19H,9-10H2,1-2H3. The number of hydrogen-bond acceptors (Lipinski definition) is 3. The van der Waals surface area contributed by atoms with Crippen LogP contribution in [0.5, 0.6) is 0 Å². The lowest BCUT2D eigenvalue weighted by molar-refractivity contribution is -0.151. The Hall–Kier alpha value is -1.29. The number of carbonyl (C=O) groups excluding carboxylic acids is 1. The van der Waals surface area contributed by atoms with Crippen LogP contribution in [0, 0.1) is 17.3 Å². The first kappa shape index (κ1) is 18.1. The highest BCUT2D eigenvalue weighted by Crippen LogP contribution is 2.60. The summed E-state index contributed by atoms with van der Waals surface area (Å²) in [5, 5.41) is 2.09. The van der Waals surface area contributed by atoms with Crippen LogP contribution in [0.2, 0.25) is 0 Å². The fraction of sp³-hybridized carbons (Fsp3) is 0.381. The molecule has 0 aliphatic heterocycles. The van der Waals surface area contributed by atoms with Crippen molar-refractivity contribution in [1.29, 1.82) is 0 Å². The summed E-state index contributed by atoms with van der Waals surface area (Å²) >= 11 is 13.3. The molecule has 2 nitrogen and oxygen atoms in total. The van der Waals surface area contributed by atoms with Gasteiger partial charge in [0, 0.05) is 17.7 Å². The molecule has 26 heavy (non-hydrogen) atoms. The van der Waals surface area contributed by atoms with Gasteiger partial charge in [-0.2, -0.15) is 0 Å². The number of hydrogen-bond donors (Lipinski definition) is 0. The van der Waals surface area contributed by atoms with E-state index in [0.717, 1.165) is 12.8 Å². The Balaban J connectivity index is 1.47. The van der Waals surface area contributed by atoms with Crippen LogP contribution in [0.1, 0.15) is 25.0 Å². The Labute approximate surface area is 167 Å². The molecule has 1 saturated carbocycles. The van der Waals surface area contributed by atoms with Crippen LogP contribution in [0.3, 0.4) is 0 Å². The molecule has 0 radical (unpaired) electrons. The molecule has 0 spiro atoms. The van der Waals surface area contributed by atoms with Gasteiger partial charge in [0.1, 0.15) is 10.6 Å². The van der Waals surface area contributed by atoms with Gasteiger partial charge in [-0.1, -0.05) is 61.3 Å². The summed E-state index contributed by atoms with van der Waals surface area (Å²) < 4.78 is 6.10. The maximum Gasteiger partial charge on any atom is 0.310 e. The van der Waals surface area contributed by atoms with E-state index < -0.39 is 0 Å². The molecule has 3 unspecified atom stereocenters. The third-order valence-corrected chi connectivity index (χ3v) is 6.85. The number of ether oxygens (including phenoxy) is 1. The number of halogens is 2. The Morgan fingerprint density at radius 1 is 1.23 bits per heavy atom. The highest BCUT2D eigenvalue weighted by atomic mass is 35.5. The van der Waals surface area contributed by atoms with Crippen molar-refractivity contribution in [3.63, 3.8) is 0 Å². The smallest absolute Gasteiger partial charge is 0.310 e. The van der Waals surface area contributed by atoms with Gasteiger partial charge in [-0.15, -0.1) is 11.3 Å². The van der Waals surface area contributed by atoms with Crippen molar-refractivity contribution in [2.75, 3.05) is 0 Å². The van der Waals surface area contributed by atoms with Gasteiger partial charge in [0.15, 0.2) is 0 Å². The highest BCUT2D eigenvalue weighted by molar-refractivity contribution is 7.13. The maximum atomic E-state index is 12.7. The maximum absolute atomic E-state index is 12.7. The lowest BCUT2D eigenvalue weighted by Crippen LogP contribution is -2.21. The average molecular weight is 407 g/mol. The second-order valence-electron chi connectivity index (χ2n) is 7.67. The van der Waals surface area contributed by atoms with E-state index in [1.807, 2.05) is 0 Å². The molecule has 3 atom stereocenters. The van der Waals surface area contributed by atoms with E-state index in [0.29, 0.717) is 0 Å². The van der Waals surface area contributed by atoms with Crippen molar-refractivity contribution in [1.82, 2.24) is 0 Å². The number of thiophene rings is 1. The Kier molecular flexibility index (Phi) is 4.66. The SMILES string of the molecule is CC1(C)C(C=C(Cl)Cl)C1C(=O)OC1Cc2cccc(-c3cccs3)c2C1. The predicted octanol–water partition coefficient (Wildman–Crippen LogP) is 6.02. The lowest BCUT2D eigenvalue weighted by Gasteiger charge is -2.12. The summed E-state index contributed by atoms with van der Waals surface area (Å²) in [6.07, 6.45) is 3.22. The van der Waals surface area contributed by atoms with Crippen molar-refractivity contribution in [2.24, 2.45) is 17.3 Å². The topological polar surface area (TPSA) is 26.3 Å². The average Bonchev–Trinajstić information content (AvgIpc) is 3.01. The summed E-state index contributed by atoms with van der Waals surface area (Å²) in [7, 11) is 0. The van der Waals surface area contributed by atoms with E-state index in [2.05, 4.69) is 49.6 Å². The van der Waals surface area contributed by atoms with Gasteiger partial charge in [0.2, 0.25) is 0 Å². The molecule has 1 heterocycles. The molecule has 136 valence electrons. The first-order valence-electron chi connectivity index (χ1n) is 8.76. The molecule has 4 rings (SSSR count). The van der Waals surface area contributed by atoms with Gasteiger partial charge >= 0.3 is 5.97 Å². The van der Waals surface area contributed by atoms with Gasteiger partial charge < -0.3 is 4.74 Å². The van der Waals surface area contributed by atoms with Crippen molar-refractivity contribution in [3.8, 4) is 10.4 Å². The van der Waals surface area contributed by atoms with Crippen molar-refractivity contribution < 1.29 is 9.53 Å². The monoisotopic (exact) mass is 406 g/mol. The lowest BCUT2D eigenvalue weighted by atomic mass is 10.0. The van der Waals surface area contributed by atoms with E-state index in [4.69, 9.17) is 27.9 Å². The Morgan fingerprint density at radius 2 is 2.04 bits per heavy atom. The van der Waals surface area contributed by atoms with Gasteiger partial charge in [-0.25, -0.2) is 0 Å². The van der Waals surface area contributed by atoms with Crippen LogP contribution >= 0.6 is 34.5 Å². The van der Waals surface area contributed by atoms with Crippen molar-refractivity contribution >= 4 is 40.5 Å². The van der Waals surface area contributed by atoms with Crippen molar-refractivity contribution in [3.05, 3.63) is 57.4 Å². The van der Waals surface area contributed by atoms with E-state index in [-0.39, 0.29) is 33.8 Å². The van der Waals surface area contributed by atoms with Crippen LogP contribution in [0.25, 0.3) is 10.4 Å². The molecular formula is C21H20Cl2O2S. The summed E-state index contributed by atoms with van der Waals surface area (Å²) in [6.45, 7) is 4.10. The molecule has 0 saturated heterocycles. The molecule has 0 N–H and O–H groups in total. The fourth-order valence-electron chi connectivity index (χ4n) is 4.17. The van der Waals surface area contributed by atoms with Crippen molar-refractivity contribution in [2.45, 2.75) is 32.8 Å². The second kappa shape index (κ2) is 6.70. The third-order valence-electron chi connectivity index (χ3n) is 5.69. The summed E-state index contributed by atoms with van der Waals surface area (Å²) in [4.78, 5) is 14.0. The molecule has 1 fully saturated rings. The van der Waals surface area contributed by atoms with E-state index in [1.165, 1.54) is 21.6 Å². The van der Waals surface area contributed by atoms with Gasteiger partial charge in [-0.3, -0.25) is 4.79 Å². The molecule has 0 bridgehead atoms. The normalized spacial score (nSPS) is 25.5. The van der Waals surface area contributed by atoms with Crippen LogP contribution in [0.4, 0.5) is 0 Å². The number of benzene rings is 1. The first-order chi connectivity index (χ1) is 12.4. The zero-order chi connectivity index (χ0) is 18.5. The summed E-state index contributed by atoms with van der Waals surface area (Å²) in [6, 6.07) is 10.6. The fourth-order valence-corrected chi connectivity index (χ4v) is 5.22. The zero-order valence-electron chi connectivity index (χ0n) is 14.7. The van der Waals surface area contributed by atoms with Gasteiger partial charge in [0.05, 0.1) is 5.92 Å². The number of esters is 1. The largest absolute Gasteiger partial charge is 0.461 e. The Morgan fingerprint density at radius 3 is 2.73 bits per heavy atom. The molecular weight excluding hydrogens is 387 g/mol. The van der Waals surface area contributed by atoms with E-state index >= 15 is 0 Å². The minimum Gasteiger partial charge on any atom is -0.461 e. The zero-order valence-corrected chi connectivity index (χ0v) is 17.0.